The van der Waals surface area contributed by atoms with Gasteiger partial charge in [0, 0.05) is 13.1 Å². The van der Waals surface area contributed by atoms with Crippen LogP contribution in [0.3, 0.4) is 0 Å². The summed E-state index contributed by atoms with van der Waals surface area (Å²) in [5, 5.41) is 9.03. The van der Waals surface area contributed by atoms with Gasteiger partial charge >= 0.3 is 0 Å². The van der Waals surface area contributed by atoms with Crippen LogP contribution in [0.1, 0.15) is 16.7 Å². The molecule has 0 saturated carbocycles. The molecular formula is C18H23NO2. The molecule has 0 heterocycles. The van der Waals surface area contributed by atoms with Crippen molar-refractivity contribution in [1.29, 1.82) is 0 Å². The zero-order valence-corrected chi connectivity index (χ0v) is 12.7. The minimum absolute atomic E-state index is 0.0977. The third kappa shape index (κ3) is 5.21. The van der Waals surface area contributed by atoms with Crippen LogP contribution in [0.4, 0.5) is 0 Å². The van der Waals surface area contributed by atoms with Gasteiger partial charge in [0.15, 0.2) is 0 Å². The molecular weight excluding hydrogens is 262 g/mol. The van der Waals surface area contributed by atoms with Crippen LogP contribution >= 0.6 is 0 Å². The Morgan fingerprint density at radius 2 is 1.76 bits per heavy atom. The van der Waals surface area contributed by atoms with Crippen LogP contribution < -0.4 is 4.74 Å². The van der Waals surface area contributed by atoms with Crippen molar-refractivity contribution in [2.45, 2.75) is 20.1 Å². The number of aryl methyl sites for hydroxylation is 1. The molecule has 0 aliphatic rings. The van der Waals surface area contributed by atoms with Gasteiger partial charge in [0.05, 0.1) is 6.61 Å². The van der Waals surface area contributed by atoms with Crippen molar-refractivity contribution in [1.82, 2.24) is 4.90 Å². The molecule has 2 aromatic rings. The Labute approximate surface area is 126 Å². The molecule has 0 aliphatic heterocycles. The maximum absolute atomic E-state index is 9.03. The van der Waals surface area contributed by atoms with Crippen molar-refractivity contribution >= 4 is 0 Å². The van der Waals surface area contributed by atoms with Crippen LogP contribution in [0.15, 0.2) is 48.5 Å². The normalized spacial score (nSPS) is 10.9. The van der Waals surface area contributed by atoms with Gasteiger partial charge in [-0.05, 0) is 42.8 Å². The van der Waals surface area contributed by atoms with Gasteiger partial charge in [0.25, 0.3) is 0 Å². The molecule has 3 heteroatoms. The Morgan fingerprint density at radius 3 is 2.43 bits per heavy atom. The van der Waals surface area contributed by atoms with Crippen LogP contribution in [-0.2, 0) is 13.2 Å². The second-order valence-corrected chi connectivity index (χ2v) is 5.38. The SMILES string of the molecule is Cc1cccc(OCCN(C)Cc2ccc(CO)cc2)c1. The lowest BCUT2D eigenvalue weighted by molar-refractivity contribution is 0.232. The molecule has 0 unspecified atom stereocenters. The standard InChI is InChI=1S/C18H23NO2/c1-15-4-3-5-18(12-15)21-11-10-19(2)13-16-6-8-17(14-20)9-7-16/h3-9,12,20H,10-11,13-14H2,1-2H3. The largest absolute Gasteiger partial charge is 0.492 e. The highest BCUT2D eigenvalue weighted by Gasteiger charge is 2.01. The predicted molar refractivity (Wildman–Crippen MR) is 85.4 cm³/mol. The van der Waals surface area contributed by atoms with E-state index in [0.29, 0.717) is 6.61 Å². The van der Waals surface area contributed by atoms with E-state index in [0.717, 1.165) is 24.4 Å². The monoisotopic (exact) mass is 285 g/mol. The van der Waals surface area contributed by atoms with E-state index in [4.69, 9.17) is 9.84 Å². The van der Waals surface area contributed by atoms with Crippen LogP contribution in [0.25, 0.3) is 0 Å². The topological polar surface area (TPSA) is 32.7 Å². The molecule has 0 radical (unpaired) electrons. The van der Waals surface area contributed by atoms with Crippen LogP contribution in [-0.4, -0.2) is 30.2 Å². The second-order valence-electron chi connectivity index (χ2n) is 5.38. The molecule has 2 aromatic carbocycles. The third-order valence-electron chi connectivity index (χ3n) is 3.39. The Morgan fingerprint density at radius 1 is 1.05 bits per heavy atom. The van der Waals surface area contributed by atoms with Gasteiger partial charge in [0.2, 0.25) is 0 Å². The van der Waals surface area contributed by atoms with E-state index in [1.807, 2.05) is 30.3 Å². The fraction of sp³-hybridized carbons (Fsp3) is 0.333. The van der Waals surface area contributed by atoms with E-state index in [1.165, 1.54) is 11.1 Å². The quantitative estimate of drug-likeness (QED) is 0.849. The summed E-state index contributed by atoms with van der Waals surface area (Å²) in [7, 11) is 2.08. The maximum Gasteiger partial charge on any atom is 0.119 e. The molecule has 3 nitrogen and oxygen atoms in total. The number of ether oxygens (including phenoxy) is 1. The molecule has 0 aromatic heterocycles. The molecule has 112 valence electrons. The average molecular weight is 285 g/mol. The van der Waals surface area contributed by atoms with E-state index >= 15 is 0 Å². The summed E-state index contributed by atoms with van der Waals surface area (Å²) in [6.45, 7) is 4.59. The fourth-order valence-electron chi connectivity index (χ4n) is 2.17. The molecule has 21 heavy (non-hydrogen) atoms. The van der Waals surface area contributed by atoms with E-state index in [9.17, 15) is 0 Å². The van der Waals surface area contributed by atoms with E-state index in [2.05, 4.69) is 37.1 Å². The lowest BCUT2D eigenvalue weighted by Gasteiger charge is -2.17. The van der Waals surface area contributed by atoms with Crippen LogP contribution in [0, 0.1) is 6.92 Å². The zero-order chi connectivity index (χ0) is 15.1. The summed E-state index contributed by atoms with van der Waals surface area (Å²) in [4.78, 5) is 2.23. The van der Waals surface area contributed by atoms with Crippen LogP contribution in [0.2, 0.25) is 0 Å². The summed E-state index contributed by atoms with van der Waals surface area (Å²) in [6.07, 6.45) is 0. The number of hydrogen-bond donors (Lipinski definition) is 1. The lowest BCUT2D eigenvalue weighted by Crippen LogP contribution is -2.23. The molecule has 0 spiro atoms. The summed E-state index contributed by atoms with van der Waals surface area (Å²) < 4.78 is 5.76. The molecule has 2 rings (SSSR count). The maximum atomic E-state index is 9.03. The molecule has 0 aliphatic carbocycles. The van der Waals surface area contributed by atoms with Gasteiger partial charge < -0.3 is 9.84 Å². The van der Waals surface area contributed by atoms with Crippen molar-refractivity contribution in [2.75, 3.05) is 20.2 Å². The first kappa shape index (κ1) is 15.5. The molecule has 0 amide bonds. The smallest absolute Gasteiger partial charge is 0.119 e. The predicted octanol–water partition coefficient (Wildman–Crippen LogP) is 3.00. The highest BCUT2D eigenvalue weighted by atomic mass is 16.5. The summed E-state index contributed by atoms with van der Waals surface area (Å²) in [5.41, 5.74) is 3.40. The molecule has 0 saturated heterocycles. The van der Waals surface area contributed by atoms with Gasteiger partial charge in [-0.3, -0.25) is 4.90 Å². The first-order valence-electron chi connectivity index (χ1n) is 7.24. The van der Waals surface area contributed by atoms with Crippen molar-refractivity contribution < 1.29 is 9.84 Å². The van der Waals surface area contributed by atoms with Crippen molar-refractivity contribution in [2.24, 2.45) is 0 Å². The van der Waals surface area contributed by atoms with Crippen molar-refractivity contribution in [3.05, 3.63) is 65.2 Å². The van der Waals surface area contributed by atoms with E-state index in [1.54, 1.807) is 0 Å². The molecule has 0 bridgehead atoms. The third-order valence-corrected chi connectivity index (χ3v) is 3.39. The summed E-state index contributed by atoms with van der Waals surface area (Å²) in [6, 6.07) is 16.2. The highest BCUT2D eigenvalue weighted by Crippen LogP contribution is 2.12. The number of hydrogen-bond acceptors (Lipinski definition) is 3. The fourth-order valence-corrected chi connectivity index (χ4v) is 2.17. The Bertz CT molecular complexity index is 551. The summed E-state index contributed by atoms with van der Waals surface area (Å²) >= 11 is 0. The Balaban J connectivity index is 1.75. The minimum Gasteiger partial charge on any atom is -0.492 e. The number of aliphatic hydroxyl groups is 1. The Kier molecular flexibility index (Phi) is 5.78. The number of benzene rings is 2. The average Bonchev–Trinajstić information content (AvgIpc) is 2.48. The number of rotatable bonds is 7. The first-order valence-corrected chi connectivity index (χ1v) is 7.24. The van der Waals surface area contributed by atoms with E-state index in [-0.39, 0.29) is 6.61 Å². The van der Waals surface area contributed by atoms with E-state index < -0.39 is 0 Å². The van der Waals surface area contributed by atoms with Crippen molar-refractivity contribution in [3.8, 4) is 5.75 Å². The molecule has 0 atom stereocenters. The second kappa shape index (κ2) is 7.81. The van der Waals surface area contributed by atoms with Gasteiger partial charge in [0.1, 0.15) is 12.4 Å². The molecule has 1 N–H and O–H groups in total. The van der Waals surface area contributed by atoms with Gasteiger partial charge in [-0.1, -0.05) is 36.4 Å². The van der Waals surface area contributed by atoms with Crippen molar-refractivity contribution in [3.63, 3.8) is 0 Å². The summed E-state index contributed by atoms with van der Waals surface area (Å²) in [5.74, 6) is 0.927. The number of aliphatic hydroxyl groups excluding tert-OH is 1. The minimum atomic E-state index is 0.0977. The lowest BCUT2D eigenvalue weighted by atomic mass is 10.1. The zero-order valence-electron chi connectivity index (χ0n) is 12.7. The van der Waals surface area contributed by atoms with Crippen LogP contribution in [0.5, 0.6) is 5.75 Å². The molecule has 0 fully saturated rings. The Hall–Kier alpha value is -1.84. The number of likely N-dealkylation sites (N-methyl/N-ethyl adjacent to an activating group) is 1. The highest BCUT2D eigenvalue weighted by molar-refractivity contribution is 5.27. The first-order chi connectivity index (χ1) is 10.2. The number of nitrogens with zero attached hydrogens (tertiary/aromatic N) is 1. The van der Waals surface area contributed by atoms with Gasteiger partial charge in [-0.25, -0.2) is 0 Å². The van der Waals surface area contributed by atoms with Gasteiger partial charge in [-0.2, -0.15) is 0 Å². The van der Waals surface area contributed by atoms with Gasteiger partial charge in [-0.15, -0.1) is 0 Å².